The molecule has 0 bridgehead atoms. The van der Waals surface area contributed by atoms with E-state index in [-0.39, 0.29) is 21.7 Å². The van der Waals surface area contributed by atoms with E-state index in [4.69, 9.17) is 8.83 Å². The summed E-state index contributed by atoms with van der Waals surface area (Å²) in [6.07, 6.45) is 0. The van der Waals surface area contributed by atoms with Gasteiger partial charge in [-0.3, -0.25) is 0 Å². The largest absolute Gasteiger partial charge is 0.455 e. The summed E-state index contributed by atoms with van der Waals surface area (Å²) in [5, 5.41) is 4.18. The van der Waals surface area contributed by atoms with Gasteiger partial charge in [-0.25, -0.2) is 0 Å². The molecule has 2 aromatic heterocycles. The van der Waals surface area contributed by atoms with E-state index >= 15 is 0 Å². The van der Waals surface area contributed by atoms with Gasteiger partial charge in [-0.1, -0.05) is 240 Å². The molecular weight excluding hydrogens is 1090 g/mol. The highest BCUT2D eigenvalue weighted by Crippen LogP contribution is 2.65. The second kappa shape index (κ2) is 21.1. The third-order valence-corrected chi connectivity index (χ3v) is 19.3. The number of hydrogen-bond acceptors (Lipinski definition) is 5. The lowest BCUT2D eigenvalue weighted by atomic mass is 9.67. The fourth-order valence-electron chi connectivity index (χ4n) is 13.5. The molecule has 14 rings (SSSR count). The minimum absolute atomic E-state index is 0.0377. The molecule has 1 aliphatic rings. The first-order valence-electron chi connectivity index (χ1n) is 31.1. The summed E-state index contributed by atoms with van der Waals surface area (Å²) in [4.78, 5) is 7.25. The van der Waals surface area contributed by atoms with Crippen LogP contribution in [-0.2, 0) is 27.1 Å². The highest BCUT2D eigenvalue weighted by Gasteiger charge is 2.51. The van der Waals surface area contributed by atoms with Crippen molar-refractivity contribution < 1.29 is 8.83 Å². The molecule has 1 aliphatic carbocycles. The lowest BCUT2D eigenvalue weighted by Crippen LogP contribution is -2.29. The molecule has 1 unspecified atom stereocenters. The second-order valence-electron chi connectivity index (χ2n) is 28.2. The maximum absolute atomic E-state index is 7.64. The first-order valence-corrected chi connectivity index (χ1v) is 31.9. The first kappa shape index (κ1) is 56.8. The molecule has 0 saturated carbocycles. The van der Waals surface area contributed by atoms with Gasteiger partial charge in [0.25, 0.3) is 0 Å². The van der Waals surface area contributed by atoms with Crippen LogP contribution in [0.2, 0.25) is 0 Å². The van der Waals surface area contributed by atoms with Crippen molar-refractivity contribution in [1.29, 1.82) is 0 Å². The van der Waals surface area contributed by atoms with Gasteiger partial charge in [-0.2, -0.15) is 0 Å². The number of fused-ring (bicyclic) bond motifs is 11. The van der Waals surface area contributed by atoms with E-state index < -0.39 is 5.41 Å². The van der Waals surface area contributed by atoms with Gasteiger partial charge in [-0.05, 0) is 163 Å². The lowest BCUT2D eigenvalue weighted by molar-refractivity contribution is 0.589. The molecule has 88 heavy (non-hydrogen) atoms. The quantitative estimate of drug-likeness (QED) is 0.136. The van der Waals surface area contributed by atoms with Crippen LogP contribution in [0.1, 0.15) is 128 Å². The standard InChI is InChI=1S/C83H76N2O2S/c1-79(2,3)53-31-33-57(34-32-53)83(58-41-49-64(50-42-58)88-63-47-39-56(40-48-63)82(10,11)12)67-52-70(85(60-25-17-14-18-26-60)62-45-37-55(38-46-62)81(7,8)9)77-74(66-28-20-22-30-72(66)86-77)75(67)76-68(83)51-69(73-65-27-19-21-29-71(65)87-78(73)76)84(59-23-15-13-16-24-59)61-43-35-54(36-44-61)80(4,5)6/h13-52H,1-12H3. The molecule has 0 radical (unpaired) electrons. The van der Waals surface area contributed by atoms with Crippen LogP contribution in [0.4, 0.5) is 34.1 Å². The van der Waals surface area contributed by atoms with Crippen molar-refractivity contribution in [3.05, 3.63) is 287 Å². The second-order valence-corrected chi connectivity index (χ2v) is 29.3. The van der Waals surface area contributed by atoms with Crippen LogP contribution < -0.4 is 9.80 Å². The summed E-state index contributed by atoms with van der Waals surface area (Å²) >= 11 is 1.80. The molecule has 2 heterocycles. The van der Waals surface area contributed by atoms with Crippen LogP contribution in [0.25, 0.3) is 55.0 Å². The molecule has 0 spiro atoms. The molecule has 0 amide bonds. The number of rotatable bonds is 10. The normalized spacial score (nSPS) is 14.5. The molecule has 0 saturated heterocycles. The SMILES string of the molecule is CC(C)(C)c1ccc(Sc2ccc(C3(c4ccc(C(C)(C)C)cc4)c4cc(N(c5ccccc5)c5ccc(C(C)(C)C)cc5)c5c(oc6ccccc65)c4-c4c3cc(N(c3ccccc3)c3ccc(C(C)(C)C)cc3)c3oc5ccccc5c43)cc2)cc1. The van der Waals surface area contributed by atoms with Crippen molar-refractivity contribution in [3.63, 3.8) is 0 Å². The van der Waals surface area contributed by atoms with Gasteiger partial charge in [0.15, 0.2) is 5.58 Å². The smallest absolute Gasteiger partial charge is 0.160 e. The van der Waals surface area contributed by atoms with Gasteiger partial charge in [0.2, 0.25) is 0 Å². The predicted molar refractivity (Wildman–Crippen MR) is 373 cm³/mol. The Morgan fingerprint density at radius 3 is 1.12 bits per heavy atom. The van der Waals surface area contributed by atoms with Crippen molar-refractivity contribution in [3.8, 4) is 11.1 Å². The van der Waals surface area contributed by atoms with E-state index in [2.05, 4.69) is 336 Å². The molecule has 11 aromatic carbocycles. The van der Waals surface area contributed by atoms with E-state index in [1.807, 2.05) is 0 Å². The summed E-state index contributed by atoms with van der Waals surface area (Å²) in [5.41, 5.74) is 20.2. The molecule has 0 fully saturated rings. The zero-order valence-corrected chi connectivity index (χ0v) is 53.5. The number of anilines is 6. The van der Waals surface area contributed by atoms with E-state index in [9.17, 15) is 0 Å². The highest BCUT2D eigenvalue weighted by atomic mass is 32.2. The third-order valence-electron chi connectivity index (χ3n) is 18.2. The Labute approximate surface area is 523 Å². The molecular formula is C83H76N2O2S. The monoisotopic (exact) mass is 1160 g/mol. The molecule has 13 aromatic rings. The average Bonchev–Trinajstić information content (AvgIpc) is 1.50. The minimum atomic E-state index is -0.960. The molecule has 5 heteroatoms. The van der Waals surface area contributed by atoms with Crippen LogP contribution in [-0.4, -0.2) is 0 Å². The van der Waals surface area contributed by atoms with Crippen LogP contribution in [0.3, 0.4) is 0 Å². The van der Waals surface area contributed by atoms with E-state index in [0.717, 1.165) is 116 Å². The predicted octanol–water partition coefficient (Wildman–Crippen LogP) is 24.1. The van der Waals surface area contributed by atoms with Crippen molar-refractivity contribution in [2.45, 2.75) is 120 Å². The summed E-state index contributed by atoms with van der Waals surface area (Å²) in [6, 6.07) is 90.5. The van der Waals surface area contributed by atoms with Crippen molar-refractivity contribution in [1.82, 2.24) is 0 Å². The fraction of sp³-hybridized carbons (Fsp3) is 0.205. The van der Waals surface area contributed by atoms with Gasteiger partial charge >= 0.3 is 0 Å². The first-order chi connectivity index (χ1) is 42.2. The van der Waals surface area contributed by atoms with E-state index in [0.29, 0.717) is 0 Å². The Hall–Kier alpha value is -9.03. The van der Waals surface area contributed by atoms with Gasteiger partial charge in [0.05, 0.1) is 22.2 Å². The maximum Gasteiger partial charge on any atom is 0.160 e. The maximum atomic E-state index is 7.64. The van der Waals surface area contributed by atoms with Gasteiger partial charge in [0.1, 0.15) is 16.7 Å². The number of hydrogen-bond donors (Lipinski definition) is 0. The summed E-state index contributed by atoms with van der Waals surface area (Å²) < 4.78 is 15.1. The van der Waals surface area contributed by atoms with Crippen molar-refractivity contribution in [2.24, 2.45) is 0 Å². The molecule has 1 atom stereocenters. The Bertz CT molecular complexity index is 4740. The van der Waals surface area contributed by atoms with Crippen LogP contribution >= 0.6 is 11.8 Å². The number of benzene rings is 11. The van der Waals surface area contributed by atoms with Crippen LogP contribution in [0.15, 0.2) is 261 Å². The summed E-state index contributed by atoms with van der Waals surface area (Å²) in [7, 11) is 0. The van der Waals surface area contributed by atoms with Crippen molar-refractivity contribution >= 4 is 89.8 Å². The zero-order chi connectivity index (χ0) is 61.1. The average molecular weight is 1170 g/mol. The highest BCUT2D eigenvalue weighted by molar-refractivity contribution is 7.99. The zero-order valence-electron chi connectivity index (χ0n) is 52.7. The molecule has 436 valence electrons. The Morgan fingerprint density at radius 1 is 0.318 bits per heavy atom. The molecule has 0 N–H and O–H groups in total. The lowest BCUT2D eigenvalue weighted by Gasteiger charge is -2.36. The summed E-state index contributed by atoms with van der Waals surface area (Å²) in [5.74, 6) is 0. The van der Waals surface area contributed by atoms with Crippen LogP contribution in [0.5, 0.6) is 0 Å². The van der Waals surface area contributed by atoms with Gasteiger partial charge in [-0.15, -0.1) is 0 Å². The molecule has 4 nitrogen and oxygen atoms in total. The Morgan fingerprint density at radius 2 is 0.659 bits per heavy atom. The van der Waals surface area contributed by atoms with Crippen molar-refractivity contribution in [2.75, 3.05) is 9.80 Å². The topological polar surface area (TPSA) is 32.8 Å². The molecule has 0 aliphatic heterocycles. The minimum Gasteiger partial charge on any atom is -0.455 e. The van der Waals surface area contributed by atoms with Gasteiger partial charge in [0, 0.05) is 59.8 Å². The van der Waals surface area contributed by atoms with E-state index in [1.54, 1.807) is 11.8 Å². The Balaban J connectivity index is 1.16. The number of nitrogens with zero attached hydrogens (tertiary/aromatic N) is 2. The number of furan rings is 2. The number of para-hydroxylation sites is 4. The van der Waals surface area contributed by atoms with Gasteiger partial charge < -0.3 is 18.6 Å². The van der Waals surface area contributed by atoms with Crippen LogP contribution in [0, 0.1) is 0 Å². The fourth-order valence-corrected chi connectivity index (χ4v) is 14.3. The third kappa shape index (κ3) is 9.61. The summed E-state index contributed by atoms with van der Waals surface area (Å²) in [6.45, 7) is 27.4. The Kier molecular flexibility index (Phi) is 13.6. The van der Waals surface area contributed by atoms with E-state index in [1.165, 1.54) is 27.1 Å².